The van der Waals surface area contributed by atoms with Gasteiger partial charge in [0.1, 0.15) is 6.10 Å². The van der Waals surface area contributed by atoms with Gasteiger partial charge in [0.2, 0.25) is 0 Å². The minimum Gasteiger partial charge on any atom is -0.368 e. The van der Waals surface area contributed by atoms with E-state index in [2.05, 4.69) is 65.9 Å². The Morgan fingerprint density at radius 3 is 2.79 bits per heavy atom. The number of H-pyrrole nitrogens is 1. The number of nitrogens with one attached hydrogen (secondary N) is 1. The number of ether oxygens (including phenoxy) is 1. The largest absolute Gasteiger partial charge is 0.368 e. The summed E-state index contributed by atoms with van der Waals surface area (Å²) in [6, 6.07) is 2.48. The first kappa shape index (κ1) is 17.1. The molecule has 1 aliphatic heterocycles. The van der Waals surface area contributed by atoms with E-state index < -0.39 is 0 Å². The normalized spacial score (nSPS) is 20.0. The number of aromatic amines is 1. The lowest BCUT2D eigenvalue weighted by Crippen LogP contribution is -2.38. The molecule has 0 spiro atoms. The van der Waals surface area contributed by atoms with Gasteiger partial charge in [-0.05, 0) is 19.9 Å². The van der Waals surface area contributed by atoms with Gasteiger partial charge in [-0.1, -0.05) is 20.8 Å². The molecular formula is C17H28N6O. The van der Waals surface area contributed by atoms with E-state index in [-0.39, 0.29) is 11.5 Å². The average Bonchev–Trinajstić information content (AvgIpc) is 3.16. The molecule has 1 aliphatic rings. The van der Waals surface area contributed by atoms with Crippen molar-refractivity contribution in [1.29, 1.82) is 0 Å². The van der Waals surface area contributed by atoms with Gasteiger partial charge in [-0.3, -0.25) is 14.7 Å². The highest BCUT2D eigenvalue weighted by Gasteiger charge is 2.27. The molecule has 0 bridgehead atoms. The third-order valence-corrected chi connectivity index (χ3v) is 4.21. The molecule has 1 atom stereocenters. The molecule has 0 aliphatic carbocycles. The van der Waals surface area contributed by atoms with E-state index in [1.165, 1.54) is 0 Å². The number of hydrogen-bond acceptors (Lipinski definition) is 5. The van der Waals surface area contributed by atoms with Crippen molar-refractivity contribution in [1.82, 2.24) is 29.9 Å². The molecule has 1 N–H and O–H groups in total. The van der Waals surface area contributed by atoms with Crippen LogP contribution in [0.4, 0.5) is 0 Å². The summed E-state index contributed by atoms with van der Waals surface area (Å²) >= 11 is 0. The number of nitrogens with zero attached hydrogens (tertiary/aromatic N) is 5. The Hall–Kier alpha value is -1.73. The number of morpholine rings is 1. The maximum absolute atomic E-state index is 5.90. The van der Waals surface area contributed by atoms with Crippen LogP contribution in [0.5, 0.6) is 0 Å². The highest BCUT2D eigenvalue weighted by molar-refractivity contribution is 5.05. The summed E-state index contributed by atoms with van der Waals surface area (Å²) in [5, 5.41) is 12.0. The van der Waals surface area contributed by atoms with Crippen LogP contribution in [0.1, 0.15) is 64.1 Å². The van der Waals surface area contributed by atoms with E-state index in [1.807, 2.05) is 10.9 Å². The molecule has 132 valence electrons. The van der Waals surface area contributed by atoms with Crippen LogP contribution >= 0.6 is 0 Å². The Bertz CT molecular complexity index is 669. The van der Waals surface area contributed by atoms with Crippen molar-refractivity contribution in [3.8, 4) is 0 Å². The van der Waals surface area contributed by atoms with Gasteiger partial charge in [-0.2, -0.15) is 10.2 Å². The molecule has 1 saturated heterocycles. The van der Waals surface area contributed by atoms with Gasteiger partial charge in [0.05, 0.1) is 12.3 Å². The molecule has 3 rings (SSSR count). The second-order valence-electron chi connectivity index (χ2n) is 7.77. The van der Waals surface area contributed by atoms with Crippen molar-refractivity contribution in [2.45, 2.75) is 58.7 Å². The van der Waals surface area contributed by atoms with Crippen LogP contribution in [-0.4, -0.2) is 49.6 Å². The van der Waals surface area contributed by atoms with Crippen LogP contribution < -0.4 is 0 Å². The second-order valence-corrected chi connectivity index (χ2v) is 7.77. The molecular weight excluding hydrogens is 304 g/mol. The summed E-state index contributed by atoms with van der Waals surface area (Å²) in [5.74, 6) is 1.64. The minimum atomic E-state index is -0.0627. The predicted octanol–water partition coefficient (Wildman–Crippen LogP) is 2.45. The van der Waals surface area contributed by atoms with Crippen LogP contribution in [0.3, 0.4) is 0 Å². The fraction of sp³-hybridized carbons (Fsp3) is 0.706. The first-order valence-corrected chi connectivity index (χ1v) is 8.63. The van der Waals surface area contributed by atoms with E-state index in [0.717, 1.165) is 37.0 Å². The van der Waals surface area contributed by atoms with Gasteiger partial charge in [-0.15, -0.1) is 0 Å². The Balaban J connectivity index is 1.64. The topological polar surface area (TPSA) is 71.9 Å². The first-order chi connectivity index (χ1) is 11.3. The van der Waals surface area contributed by atoms with E-state index in [1.54, 1.807) is 0 Å². The van der Waals surface area contributed by atoms with Crippen molar-refractivity contribution in [2.24, 2.45) is 0 Å². The molecule has 2 aromatic rings. The Morgan fingerprint density at radius 2 is 2.17 bits per heavy atom. The van der Waals surface area contributed by atoms with Gasteiger partial charge < -0.3 is 4.74 Å². The van der Waals surface area contributed by atoms with Gasteiger partial charge in [0.25, 0.3) is 0 Å². The molecule has 1 fully saturated rings. The van der Waals surface area contributed by atoms with Crippen molar-refractivity contribution >= 4 is 0 Å². The van der Waals surface area contributed by atoms with Crippen molar-refractivity contribution in [2.75, 3.05) is 19.7 Å². The molecule has 0 radical (unpaired) electrons. The van der Waals surface area contributed by atoms with Gasteiger partial charge >= 0.3 is 0 Å². The van der Waals surface area contributed by atoms with E-state index in [4.69, 9.17) is 4.74 Å². The van der Waals surface area contributed by atoms with E-state index >= 15 is 0 Å². The first-order valence-electron chi connectivity index (χ1n) is 8.63. The van der Waals surface area contributed by atoms with E-state index in [0.29, 0.717) is 12.6 Å². The third-order valence-electron chi connectivity index (χ3n) is 4.21. The number of aromatic nitrogens is 5. The average molecular weight is 332 g/mol. The van der Waals surface area contributed by atoms with Crippen LogP contribution in [0.2, 0.25) is 0 Å². The lowest BCUT2D eigenvalue weighted by atomic mass is 9.96. The van der Waals surface area contributed by atoms with Crippen molar-refractivity contribution in [3.05, 3.63) is 29.6 Å². The maximum atomic E-state index is 5.90. The van der Waals surface area contributed by atoms with Gasteiger partial charge in [0, 0.05) is 37.3 Å². The van der Waals surface area contributed by atoms with Gasteiger partial charge in [0.15, 0.2) is 11.6 Å². The second kappa shape index (κ2) is 6.64. The summed E-state index contributed by atoms with van der Waals surface area (Å²) in [7, 11) is 0. The van der Waals surface area contributed by atoms with Crippen LogP contribution in [0.15, 0.2) is 12.3 Å². The van der Waals surface area contributed by atoms with Crippen LogP contribution in [0, 0.1) is 0 Å². The summed E-state index contributed by atoms with van der Waals surface area (Å²) in [5.41, 5.74) is 1.03. The fourth-order valence-corrected chi connectivity index (χ4v) is 2.74. The Kier molecular flexibility index (Phi) is 4.73. The SMILES string of the molecule is CC(C)n1ccc(CN2CCO[C@@H](c3nc(C(C)(C)C)n[nH]3)C2)n1. The summed E-state index contributed by atoms with van der Waals surface area (Å²) < 4.78 is 7.90. The monoisotopic (exact) mass is 332 g/mol. The fourth-order valence-electron chi connectivity index (χ4n) is 2.74. The molecule has 0 unspecified atom stereocenters. The molecule has 3 heterocycles. The minimum absolute atomic E-state index is 0.0606. The quantitative estimate of drug-likeness (QED) is 0.931. The molecule has 0 saturated carbocycles. The lowest BCUT2D eigenvalue weighted by Gasteiger charge is -2.31. The van der Waals surface area contributed by atoms with Crippen molar-refractivity contribution in [3.63, 3.8) is 0 Å². The Labute approximate surface area is 143 Å². The summed E-state index contributed by atoms with van der Waals surface area (Å²) in [4.78, 5) is 7.00. The van der Waals surface area contributed by atoms with Crippen LogP contribution in [-0.2, 0) is 16.7 Å². The highest BCUT2D eigenvalue weighted by atomic mass is 16.5. The third kappa shape index (κ3) is 3.84. The number of rotatable bonds is 4. The zero-order chi connectivity index (χ0) is 17.3. The molecule has 2 aromatic heterocycles. The highest BCUT2D eigenvalue weighted by Crippen LogP contribution is 2.23. The predicted molar refractivity (Wildman–Crippen MR) is 91.7 cm³/mol. The molecule has 7 nitrogen and oxygen atoms in total. The van der Waals surface area contributed by atoms with E-state index in [9.17, 15) is 0 Å². The molecule has 24 heavy (non-hydrogen) atoms. The molecule has 0 aromatic carbocycles. The van der Waals surface area contributed by atoms with Crippen molar-refractivity contribution < 1.29 is 4.74 Å². The zero-order valence-corrected chi connectivity index (χ0v) is 15.3. The maximum Gasteiger partial charge on any atom is 0.156 e. The number of hydrogen-bond donors (Lipinski definition) is 1. The standard InChI is InChI=1S/C17H28N6O/c1-12(2)23-7-6-13(21-23)10-22-8-9-24-14(11-22)15-18-16(20-19-15)17(3,4)5/h6-7,12,14H,8-11H2,1-5H3,(H,18,19,20)/t14-/m1/s1. The lowest BCUT2D eigenvalue weighted by molar-refractivity contribution is -0.0375. The van der Waals surface area contributed by atoms with Gasteiger partial charge in [-0.25, -0.2) is 4.98 Å². The molecule has 7 heteroatoms. The zero-order valence-electron chi connectivity index (χ0n) is 15.3. The molecule has 0 amide bonds. The Morgan fingerprint density at radius 1 is 1.38 bits per heavy atom. The summed E-state index contributed by atoms with van der Waals surface area (Å²) in [6.07, 6.45) is 1.99. The van der Waals surface area contributed by atoms with Crippen LogP contribution in [0.25, 0.3) is 0 Å². The summed E-state index contributed by atoms with van der Waals surface area (Å²) in [6.45, 7) is 13.8. The smallest absolute Gasteiger partial charge is 0.156 e.